The van der Waals surface area contributed by atoms with Gasteiger partial charge in [-0.1, -0.05) is 0 Å². The van der Waals surface area contributed by atoms with E-state index in [1.165, 1.54) is 12.3 Å². The summed E-state index contributed by atoms with van der Waals surface area (Å²) in [6.07, 6.45) is -1.33. The third kappa shape index (κ3) is 2.55. The first-order valence-corrected chi connectivity index (χ1v) is 5.45. The minimum absolute atomic E-state index is 0.0929. The van der Waals surface area contributed by atoms with Gasteiger partial charge < -0.3 is 10.2 Å². The van der Waals surface area contributed by atoms with Crippen molar-refractivity contribution in [2.45, 2.75) is 12.0 Å². The Morgan fingerprint density at radius 1 is 1.50 bits per heavy atom. The van der Waals surface area contributed by atoms with Gasteiger partial charge in [0, 0.05) is 15.1 Å². The van der Waals surface area contributed by atoms with Gasteiger partial charge >= 0.3 is 11.9 Å². The third-order valence-electron chi connectivity index (χ3n) is 1.72. The van der Waals surface area contributed by atoms with Crippen molar-refractivity contribution < 1.29 is 23.8 Å². The van der Waals surface area contributed by atoms with E-state index < -0.39 is 23.7 Å². The molecule has 0 aliphatic carbocycles. The van der Waals surface area contributed by atoms with Gasteiger partial charge in [0.1, 0.15) is 0 Å². The van der Waals surface area contributed by atoms with Crippen LogP contribution in [0, 0.1) is 0 Å². The van der Waals surface area contributed by atoms with E-state index in [2.05, 4.69) is 36.8 Å². The third-order valence-corrected chi connectivity index (χ3v) is 2.79. The largest absolute Gasteiger partial charge is 0.477 e. The van der Waals surface area contributed by atoms with Crippen LogP contribution in [0.5, 0.6) is 0 Å². The molecule has 4 nitrogen and oxygen atoms in total. The van der Waals surface area contributed by atoms with Crippen molar-refractivity contribution in [2.75, 3.05) is 0 Å². The number of alkyl halides is 2. The van der Waals surface area contributed by atoms with Crippen LogP contribution in [-0.2, 0) is 4.79 Å². The second-order valence-corrected chi connectivity index (χ2v) is 4.62. The van der Waals surface area contributed by atoms with Crippen LogP contribution in [0.2, 0.25) is 0 Å². The van der Waals surface area contributed by atoms with Crippen LogP contribution >= 0.6 is 31.9 Å². The van der Waals surface area contributed by atoms with Crippen LogP contribution in [0.15, 0.2) is 21.2 Å². The molecule has 0 saturated heterocycles. The van der Waals surface area contributed by atoms with Gasteiger partial charge in [0.15, 0.2) is 6.10 Å². The van der Waals surface area contributed by atoms with Gasteiger partial charge in [0.05, 0.1) is 5.69 Å². The molecule has 0 bridgehead atoms. The molecular formula is C8H5Br2F2NO3. The summed E-state index contributed by atoms with van der Waals surface area (Å²) in [5.74, 6) is -6.69. The number of halogens is 4. The van der Waals surface area contributed by atoms with E-state index in [0.29, 0.717) is 4.47 Å². The smallest absolute Gasteiger partial charge is 0.377 e. The van der Waals surface area contributed by atoms with Crippen LogP contribution in [0.4, 0.5) is 8.78 Å². The van der Waals surface area contributed by atoms with E-state index in [1.54, 1.807) is 0 Å². The molecule has 0 aromatic carbocycles. The lowest BCUT2D eigenvalue weighted by Crippen LogP contribution is -2.36. The maximum Gasteiger partial charge on any atom is 0.377 e. The number of aliphatic hydroxyl groups excluding tert-OH is 1. The Morgan fingerprint density at radius 2 is 2.06 bits per heavy atom. The second kappa shape index (κ2) is 4.72. The number of hydrogen-bond acceptors (Lipinski definition) is 3. The fourth-order valence-corrected chi connectivity index (χ4v) is 2.12. The number of carboxylic acid groups (broad SMARTS) is 1. The molecule has 0 spiro atoms. The molecule has 0 saturated carbocycles. The quantitative estimate of drug-likeness (QED) is 0.868. The van der Waals surface area contributed by atoms with Gasteiger partial charge in [-0.15, -0.1) is 0 Å². The summed E-state index contributed by atoms with van der Waals surface area (Å²) in [7, 11) is 0. The molecule has 1 unspecified atom stereocenters. The highest BCUT2D eigenvalue weighted by Crippen LogP contribution is 2.34. The number of hydrogen-bond donors (Lipinski definition) is 2. The van der Waals surface area contributed by atoms with Crippen LogP contribution < -0.4 is 0 Å². The molecule has 0 radical (unpaired) electrons. The lowest BCUT2D eigenvalue weighted by atomic mass is 10.1. The fraction of sp³-hybridized carbons (Fsp3) is 0.250. The van der Waals surface area contributed by atoms with E-state index in [1.807, 2.05) is 0 Å². The van der Waals surface area contributed by atoms with Crippen molar-refractivity contribution in [2.24, 2.45) is 0 Å². The number of aliphatic carboxylic acids is 1. The molecular weight excluding hydrogens is 356 g/mol. The lowest BCUT2D eigenvalue weighted by Gasteiger charge is -2.18. The molecule has 0 aliphatic heterocycles. The van der Waals surface area contributed by atoms with Crippen LogP contribution in [0.25, 0.3) is 0 Å². The van der Waals surface area contributed by atoms with Crippen molar-refractivity contribution in [1.29, 1.82) is 0 Å². The Morgan fingerprint density at radius 3 is 2.50 bits per heavy atom. The Hall–Kier alpha value is -0.600. The predicted octanol–water partition coefficient (Wildman–Crippen LogP) is 2.36. The van der Waals surface area contributed by atoms with Gasteiger partial charge in [-0.2, -0.15) is 8.78 Å². The van der Waals surface area contributed by atoms with Gasteiger partial charge in [-0.05, 0) is 37.9 Å². The summed E-state index contributed by atoms with van der Waals surface area (Å²) in [5, 5.41) is 17.5. The Labute approximate surface area is 106 Å². The molecule has 8 heteroatoms. The van der Waals surface area contributed by atoms with Gasteiger partial charge in [0.25, 0.3) is 0 Å². The highest BCUT2D eigenvalue weighted by atomic mass is 79.9. The molecule has 0 fully saturated rings. The first-order chi connectivity index (χ1) is 7.26. The molecule has 0 aliphatic rings. The summed E-state index contributed by atoms with van der Waals surface area (Å²) in [6.45, 7) is 0. The number of aliphatic hydroxyl groups is 1. The van der Waals surface area contributed by atoms with Crippen molar-refractivity contribution in [3.05, 3.63) is 26.9 Å². The van der Waals surface area contributed by atoms with Gasteiger partial charge in [-0.3, -0.25) is 4.98 Å². The Balaban J connectivity index is 3.14. The molecule has 16 heavy (non-hydrogen) atoms. The molecule has 1 aromatic rings. The van der Waals surface area contributed by atoms with Crippen molar-refractivity contribution in [1.82, 2.24) is 4.98 Å². The molecule has 1 aromatic heterocycles. The zero-order valence-corrected chi connectivity index (χ0v) is 10.7. The molecule has 88 valence electrons. The van der Waals surface area contributed by atoms with E-state index in [9.17, 15) is 18.7 Å². The number of rotatable bonds is 3. The molecule has 2 N–H and O–H groups in total. The standard InChI is InChI=1S/C8H5Br2F2NO3/c9-3-1-4(10)5(13-2-3)6(14)8(11,12)7(15)16/h1-2,6,14H,(H,15,16). The number of carboxylic acids is 1. The average molecular weight is 361 g/mol. The minimum atomic E-state index is -4.29. The van der Waals surface area contributed by atoms with Gasteiger partial charge in [0.2, 0.25) is 0 Å². The number of aromatic nitrogens is 1. The molecule has 1 atom stereocenters. The van der Waals surface area contributed by atoms with Crippen LogP contribution in [0.1, 0.15) is 11.8 Å². The molecule has 1 rings (SSSR count). The topological polar surface area (TPSA) is 70.4 Å². The Bertz CT molecular complexity index is 428. The Kier molecular flexibility index (Phi) is 3.97. The van der Waals surface area contributed by atoms with E-state index in [0.717, 1.165) is 0 Å². The average Bonchev–Trinajstić information content (AvgIpc) is 2.16. The predicted molar refractivity (Wildman–Crippen MR) is 57.2 cm³/mol. The second-order valence-electron chi connectivity index (χ2n) is 2.85. The first kappa shape index (κ1) is 13.5. The zero-order valence-electron chi connectivity index (χ0n) is 7.49. The van der Waals surface area contributed by atoms with Crippen LogP contribution in [0.3, 0.4) is 0 Å². The first-order valence-electron chi connectivity index (χ1n) is 3.87. The maximum absolute atomic E-state index is 13.0. The summed E-state index contributed by atoms with van der Waals surface area (Å²) < 4.78 is 26.6. The van der Waals surface area contributed by atoms with Crippen molar-refractivity contribution >= 4 is 37.8 Å². The fourth-order valence-electron chi connectivity index (χ4n) is 0.915. The number of nitrogens with zero attached hydrogens (tertiary/aromatic N) is 1. The monoisotopic (exact) mass is 359 g/mol. The van der Waals surface area contributed by atoms with Crippen LogP contribution in [-0.4, -0.2) is 27.1 Å². The van der Waals surface area contributed by atoms with E-state index >= 15 is 0 Å². The van der Waals surface area contributed by atoms with Gasteiger partial charge in [-0.25, -0.2) is 4.79 Å². The zero-order chi connectivity index (χ0) is 12.5. The molecule has 0 amide bonds. The normalized spacial score (nSPS) is 13.6. The highest BCUT2D eigenvalue weighted by Gasteiger charge is 2.49. The SMILES string of the molecule is O=C(O)C(F)(F)C(O)c1ncc(Br)cc1Br. The summed E-state index contributed by atoms with van der Waals surface area (Å²) in [5.41, 5.74) is -0.435. The van der Waals surface area contributed by atoms with E-state index in [-0.39, 0.29) is 4.47 Å². The van der Waals surface area contributed by atoms with Crippen molar-refractivity contribution in [3.8, 4) is 0 Å². The number of carbonyl (C=O) groups is 1. The maximum atomic E-state index is 13.0. The van der Waals surface area contributed by atoms with Crippen molar-refractivity contribution in [3.63, 3.8) is 0 Å². The summed E-state index contributed by atoms with van der Waals surface area (Å²) in [6, 6.07) is 1.38. The minimum Gasteiger partial charge on any atom is -0.477 e. The van der Waals surface area contributed by atoms with E-state index in [4.69, 9.17) is 5.11 Å². The summed E-state index contributed by atoms with van der Waals surface area (Å²) >= 11 is 5.96. The molecule has 1 heterocycles. The number of pyridine rings is 1. The summed E-state index contributed by atoms with van der Waals surface area (Å²) in [4.78, 5) is 13.8. The highest BCUT2D eigenvalue weighted by molar-refractivity contribution is 9.11. The lowest BCUT2D eigenvalue weighted by molar-refractivity contribution is -0.183.